The SMILES string of the molecule is CCCC(C)CC(C)(C)C(C)C1CCC(C)C1. The van der Waals surface area contributed by atoms with Gasteiger partial charge in [-0.15, -0.1) is 0 Å². The molecule has 0 aromatic carbocycles. The van der Waals surface area contributed by atoms with Gasteiger partial charge in [0, 0.05) is 0 Å². The first kappa shape index (κ1) is 15.1. The molecule has 102 valence electrons. The fraction of sp³-hybridized carbons (Fsp3) is 1.00. The van der Waals surface area contributed by atoms with Crippen molar-refractivity contribution in [3.63, 3.8) is 0 Å². The molecule has 17 heavy (non-hydrogen) atoms. The summed E-state index contributed by atoms with van der Waals surface area (Å²) in [6.45, 7) is 14.7. The molecule has 0 aliphatic heterocycles. The molecule has 0 spiro atoms. The van der Waals surface area contributed by atoms with Gasteiger partial charge in [0.15, 0.2) is 0 Å². The average Bonchev–Trinajstić information content (AvgIpc) is 2.63. The van der Waals surface area contributed by atoms with Crippen molar-refractivity contribution in [3.8, 4) is 0 Å². The van der Waals surface area contributed by atoms with Crippen LogP contribution < -0.4 is 0 Å². The maximum atomic E-state index is 2.52. The summed E-state index contributed by atoms with van der Waals surface area (Å²) in [5, 5.41) is 0. The van der Waals surface area contributed by atoms with E-state index in [4.69, 9.17) is 0 Å². The Kier molecular flexibility index (Phi) is 5.54. The van der Waals surface area contributed by atoms with Crippen LogP contribution in [-0.4, -0.2) is 0 Å². The molecule has 0 heteroatoms. The molecule has 4 atom stereocenters. The highest BCUT2D eigenvalue weighted by Gasteiger charge is 2.35. The topological polar surface area (TPSA) is 0 Å². The lowest BCUT2D eigenvalue weighted by molar-refractivity contribution is 0.120. The van der Waals surface area contributed by atoms with E-state index in [1.54, 1.807) is 0 Å². The summed E-state index contributed by atoms with van der Waals surface area (Å²) in [7, 11) is 0. The highest BCUT2D eigenvalue weighted by Crippen LogP contribution is 2.45. The average molecular weight is 238 g/mol. The Labute approximate surface area is 110 Å². The molecule has 1 aliphatic rings. The molecule has 0 bridgehead atoms. The Morgan fingerprint density at radius 1 is 1.18 bits per heavy atom. The van der Waals surface area contributed by atoms with Crippen molar-refractivity contribution in [2.45, 2.75) is 80.1 Å². The van der Waals surface area contributed by atoms with Crippen LogP contribution in [0.4, 0.5) is 0 Å². The summed E-state index contributed by atoms with van der Waals surface area (Å²) in [6, 6.07) is 0. The van der Waals surface area contributed by atoms with Crippen molar-refractivity contribution < 1.29 is 0 Å². The molecule has 0 nitrogen and oxygen atoms in total. The Hall–Kier alpha value is 0. The van der Waals surface area contributed by atoms with Gasteiger partial charge in [0.1, 0.15) is 0 Å². The minimum Gasteiger partial charge on any atom is -0.0654 e. The zero-order valence-electron chi connectivity index (χ0n) is 13.1. The smallest absolute Gasteiger partial charge is 0.0323 e. The maximum absolute atomic E-state index is 2.52. The molecule has 0 aromatic rings. The Balaban J connectivity index is 2.50. The summed E-state index contributed by atoms with van der Waals surface area (Å²) in [6.07, 6.45) is 8.58. The Morgan fingerprint density at radius 2 is 1.82 bits per heavy atom. The number of hydrogen-bond acceptors (Lipinski definition) is 0. The quantitative estimate of drug-likeness (QED) is 0.539. The number of rotatable bonds is 6. The van der Waals surface area contributed by atoms with E-state index in [2.05, 4.69) is 41.5 Å². The van der Waals surface area contributed by atoms with Crippen LogP contribution in [0.5, 0.6) is 0 Å². The molecule has 4 unspecified atom stereocenters. The molecule has 0 N–H and O–H groups in total. The second kappa shape index (κ2) is 6.25. The molecule has 0 radical (unpaired) electrons. The molecule has 0 heterocycles. The van der Waals surface area contributed by atoms with Crippen molar-refractivity contribution in [1.82, 2.24) is 0 Å². The van der Waals surface area contributed by atoms with Gasteiger partial charge >= 0.3 is 0 Å². The van der Waals surface area contributed by atoms with Gasteiger partial charge in [-0.3, -0.25) is 0 Å². The first-order valence-corrected chi connectivity index (χ1v) is 7.86. The van der Waals surface area contributed by atoms with Gasteiger partial charge < -0.3 is 0 Å². The van der Waals surface area contributed by atoms with Crippen molar-refractivity contribution in [2.75, 3.05) is 0 Å². The van der Waals surface area contributed by atoms with Crippen LogP contribution in [0.15, 0.2) is 0 Å². The lowest BCUT2D eigenvalue weighted by Gasteiger charge is -2.38. The predicted octanol–water partition coefficient (Wildman–Crippen LogP) is 5.91. The summed E-state index contributed by atoms with van der Waals surface area (Å²) in [5.41, 5.74) is 0.531. The Morgan fingerprint density at radius 3 is 2.29 bits per heavy atom. The van der Waals surface area contributed by atoms with Crippen LogP contribution >= 0.6 is 0 Å². The summed E-state index contributed by atoms with van der Waals surface area (Å²) in [4.78, 5) is 0. The minimum atomic E-state index is 0.531. The molecular weight excluding hydrogens is 204 g/mol. The van der Waals surface area contributed by atoms with Crippen molar-refractivity contribution >= 4 is 0 Å². The van der Waals surface area contributed by atoms with Gasteiger partial charge in [0.2, 0.25) is 0 Å². The second-order valence-electron chi connectivity index (χ2n) is 7.55. The van der Waals surface area contributed by atoms with Gasteiger partial charge in [-0.1, -0.05) is 60.8 Å². The molecule has 1 aliphatic carbocycles. The molecule has 0 amide bonds. The molecule has 1 rings (SSSR count). The normalized spacial score (nSPS) is 29.3. The van der Waals surface area contributed by atoms with E-state index in [-0.39, 0.29) is 0 Å². The maximum Gasteiger partial charge on any atom is -0.0323 e. The van der Waals surface area contributed by atoms with Crippen molar-refractivity contribution in [2.24, 2.45) is 29.1 Å². The van der Waals surface area contributed by atoms with Gasteiger partial charge in [0.25, 0.3) is 0 Å². The highest BCUT2D eigenvalue weighted by atomic mass is 14.4. The zero-order valence-corrected chi connectivity index (χ0v) is 13.1. The molecule has 0 saturated heterocycles. The Bertz CT molecular complexity index is 216. The summed E-state index contributed by atoms with van der Waals surface area (Å²) < 4.78 is 0. The monoisotopic (exact) mass is 238 g/mol. The van der Waals surface area contributed by atoms with Crippen LogP contribution in [0.2, 0.25) is 0 Å². The van der Waals surface area contributed by atoms with Crippen molar-refractivity contribution in [3.05, 3.63) is 0 Å². The van der Waals surface area contributed by atoms with E-state index in [1.165, 1.54) is 38.5 Å². The van der Waals surface area contributed by atoms with Gasteiger partial charge in [-0.05, 0) is 48.3 Å². The third-order valence-electron chi connectivity index (χ3n) is 5.33. The third kappa shape index (κ3) is 4.30. The van der Waals surface area contributed by atoms with Crippen molar-refractivity contribution in [1.29, 1.82) is 0 Å². The summed E-state index contributed by atoms with van der Waals surface area (Å²) >= 11 is 0. The first-order chi connectivity index (χ1) is 7.86. The van der Waals surface area contributed by atoms with Gasteiger partial charge in [-0.25, -0.2) is 0 Å². The van der Waals surface area contributed by atoms with Crippen LogP contribution in [0, 0.1) is 29.1 Å². The lowest BCUT2D eigenvalue weighted by atomic mass is 9.67. The number of hydrogen-bond donors (Lipinski definition) is 0. The van der Waals surface area contributed by atoms with Crippen LogP contribution in [0.25, 0.3) is 0 Å². The predicted molar refractivity (Wildman–Crippen MR) is 78.1 cm³/mol. The van der Waals surface area contributed by atoms with E-state index < -0.39 is 0 Å². The highest BCUT2D eigenvalue weighted by molar-refractivity contribution is 4.86. The molecule has 1 saturated carbocycles. The van der Waals surface area contributed by atoms with E-state index in [1.807, 2.05) is 0 Å². The van der Waals surface area contributed by atoms with E-state index in [0.717, 1.165) is 23.7 Å². The molecule has 0 aromatic heterocycles. The second-order valence-corrected chi connectivity index (χ2v) is 7.55. The van der Waals surface area contributed by atoms with Gasteiger partial charge in [0.05, 0.1) is 0 Å². The van der Waals surface area contributed by atoms with E-state index >= 15 is 0 Å². The fourth-order valence-electron chi connectivity index (χ4n) is 4.02. The molecular formula is C17H34. The van der Waals surface area contributed by atoms with E-state index in [0.29, 0.717) is 5.41 Å². The first-order valence-electron chi connectivity index (χ1n) is 7.86. The summed E-state index contributed by atoms with van der Waals surface area (Å²) in [5.74, 6) is 3.77. The standard InChI is InChI=1S/C17H34/c1-7-8-14(3)12-17(5,6)15(4)16-10-9-13(2)11-16/h13-16H,7-12H2,1-6H3. The minimum absolute atomic E-state index is 0.531. The third-order valence-corrected chi connectivity index (χ3v) is 5.33. The zero-order chi connectivity index (χ0) is 13.1. The van der Waals surface area contributed by atoms with Gasteiger partial charge in [-0.2, -0.15) is 0 Å². The van der Waals surface area contributed by atoms with E-state index in [9.17, 15) is 0 Å². The fourth-order valence-corrected chi connectivity index (χ4v) is 4.02. The van der Waals surface area contributed by atoms with Crippen LogP contribution in [0.1, 0.15) is 80.1 Å². The largest absolute Gasteiger partial charge is 0.0654 e. The van der Waals surface area contributed by atoms with Crippen LogP contribution in [0.3, 0.4) is 0 Å². The lowest BCUT2D eigenvalue weighted by Crippen LogP contribution is -2.29. The molecule has 1 fully saturated rings. The van der Waals surface area contributed by atoms with Crippen LogP contribution in [-0.2, 0) is 0 Å².